The highest BCUT2D eigenvalue weighted by molar-refractivity contribution is 6.32. The summed E-state index contributed by atoms with van der Waals surface area (Å²) in [5.41, 5.74) is 1.32. The number of anilines is 1. The molecule has 22 heavy (non-hydrogen) atoms. The molecular weight excluding hydrogens is 302 g/mol. The first-order valence-corrected chi connectivity index (χ1v) is 7.63. The third-order valence-corrected chi connectivity index (χ3v) is 3.52. The Bertz CT molecular complexity index is 681. The van der Waals surface area contributed by atoms with Gasteiger partial charge in [-0.1, -0.05) is 23.7 Å². The molecule has 0 aliphatic heterocycles. The molecule has 1 heterocycles. The minimum Gasteiger partial charge on any atom is -0.494 e. The first-order valence-electron chi connectivity index (χ1n) is 7.25. The third kappa shape index (κ3) is 3.80. The zero-order chi connectivity index (χ0) is 16.1. The molecule has 0 atom stereocenters. The first-order chi connectivity index (χ1) is 10.5. The third-order valence-electron chi connectivity index (χ3n) is 3.15. The lowest BCUT2D eigenvalue weighted by atomic mass is 10.2. The SMILES string of the molecule is CCOc1ccc(CNc2cnn(C(C)C)c(=O)c2Cl)cc1. The number of rotatable bonds is 6. The van der Waals surface area contributed by atoms with Crippen LogP contribution in [0.2, 0.25) is 5.02 Å². The summed E-state index contributed by atoms with van der Waals surface area (Å²) >= 11 is 6.12. The van der Waals surface area contributed by atoms with Crippen molar-refractivity contribution in [2.45, 2.75) is 33.4 Å². The second-order valence-corrected chi connectivity index (χ2v) is 5.52. The van der Waals surface area contributed by atoms with Crippen LogP contribution in [0.15, 0.2) is 35.3 Å². The normalized spacial score (nSPS) is 10.8. The summed E-state index contributed by atoms with van der Waals surface area (Å²) in [6.07, 6.45) is 1.58. The van der Waals surface area contributed by atoms with Crippen LogP contribution in [0.4, 0.5) is 5.69 Å². The minimum absolute atomic E-state index is 0.0230. The van der Waals surface area contributed by atoms with Gasteiger partial charge in [-0.2, -0.15) is 5.10 Å². The van der Waals surface area contributed by atoms with Crippen LogP contribution >= 0.6 is 11.6 Å². The lowest BCUT2D eigenvalue weighted by Crippen LogP contribution is -2.25. The van der Waals surface area contributed by atoms with Crippen LogP contribution in [0.25, 0.3) is 0 Å². The van der Waals surface area contributed by atoms with Crippen molar-refractivity contribution in [3.63, 3.8) is 0 Å². The van der Waals surface area contributed by atoms with Crippen molar-refractivity contribution in [1.82, 2.24) is 9.78 Å². The van der Waals surface area contributed by atoms with Crippen molar-refractivity contribution in [3.8, 4) is 5.75 Å². The Morgan fingerprint density at radius 2 is 2.00 bits per heavy atom. The molecule has 2 aromatic rings. The molecule has 0 radical (unpaired) electrons. The summed E-state index contributed by atoms with van der Waals surface area (Å²) in [5, 5.41) is 7.43. The fraction of sp³-hybridized carbons (Fsp3) is 0.375. The van der Waals surface area contributed by atoms with Gasteiger partial charge in [-0.15, -0.1) is 0 Å². The van der Waals surface area contributed by atoms with E-state index in [-0.39, 0.29) is 16.6 Å². The highest BCUT2D eigenvalue weighted by Gasteiger charge is 2.10. The van der Waals surface area contributed by atoms with Crippen LogP contribution in [0.1, 0.15) is 32.4 Å². The van der Waals surface area contributed by atoms with Crippen LogP contribution in [0.3, 0.4) is 0 Å². The van der Waals surface area contributed by atoms with E-state index < -0.39 is 0 Å². The molecule has 6 heteroatoms. The van der Waals surface area contributed by atoms with Crippen LogP contribution in [0.5, 0.6) is 5.75 Å². The van der Waals surface area contributed by atoms with Crippen LogP contribution in [0, 0.1) is 0 Å². The standard InChI is InChI=1S/C16H20ClN3O2/c1-4-22-13-7-5-12(6-8-13)9-18-14-10-19-20(11(2)3)16(21)15(14)17/h5-8,10-11,18H,4,9H2,1-3H3. The lowest BCUT2D eigenvalue weighted by molar-refractivity contribution is 0.340. The van der Waals surface area contributed by atoms with Gasteiger partial charge >= 0.3 is 0 Å². The fourth-order valence-electron chi connectivity index (χ4n) is 2.00. The molecule has 0 bridgehead atoms. The monoisotopic (exact) mass is 321 g/mol. The highest BCUT2D eigenvalue weighted by atomic mass is 35.5. The van der Waals surface area contributed by atoms with E-state index in [9.17, 15) is 4.79 Å². The zero-order valence-electron chi connectivity index (χ0n) is 13.0. The molecule has 0 fully saturated rings. The van der Waals surface area contributed by atoms with E-state index in [4.69, 9.17) is 16.3 Å². The van der Waals surface area contributed by atoms with Crippen LogP contribution in [-0.2, 0) is 6.54 Å². The lowest BCUT2D eigenvalue weighted by Gasteiger charge is -2.12. The molecule has 0 saturated heterocycles. The Kier molecular flexibility index (Phi) is 5.44. The van der Waals surface area contributed by atoms with Crippen molar-refractivity contribution in [1.29, 1.82) is 0 Å². The summed E-state index contributed by atoms with van der Waals surface area (Å²) in [5.74, 6) is 0.838. The Balaban J connectivity index is 2.08. The summed E-state index contributed by atoms with van der Waals surface area (Å²) in [4.78, 5) is 12.1. The quantitative estimate of drug-likeness (QED) is 0.885. The number of hydrogen-bond acceptors (Lipinski definition) is 4. The largest absolute Gasteiger partial charge is 0.494 e. The number of halogens is 1. The molecule has 1 N–H and O–H groups in total. The van der Waals surface area contributed by atoms with Crippen molar-refractivity contribution in [2.24, 2.45) is 0 Å². The van der Waals surface area contributed by atoms with Crippen molar-refractivity contribution in [2.75, 3.05) is 11.9 Å². The van der Waals surface area contributed by atoms with Gasteiger partial charge in [0.2, 0.25) is 0 Å². The molecule has 118 valence electrons. The first kappa shape index (κ1) is 16.4. The minimum atomic E-state index is -0.284. The maximum absolute atomic E-state index is 12.1. The van der Waals surface area contributed by atoms with Crippen molar-refractivity contribution >= 4 is 17.3 Å². The fourth-order valence-corrected chi connectivity index (χ4v) is 2.21. The second kappa shape index (κ2) is 7.31. The Hall–Kier alpha value is -2.01. The molecule has 1 aromatic heterocycles. The highest BCUT2D eigenvalue weighted by Crippen LogP contribution is 2.18. The van der Waals surface area contributed by atoms with Gasteiger partial charge in [-0.25, -0.2) is 4.68 Å². The van der Waals surface area contributed by atoms with Crippen LogP contribution < -0.4 is 15.6 Å². The van der Waals surface area contributed by atoms with E-state index in [0.717, 1.165) is 11.3 Å². The average molecular weight is 322 g/mol. The number of nitrogens with zero attached hydrogens (tertiary/aromatic N) is 2. The summed E-state index contributed by atoms with van der Waals surface area (Å²) in [7, 11) is 0. The predicted octanol–water partition coefficient (Wildman–Crippen LogP) is 3.49. The van der Waals surface area contributed by atoms with Crippen LogP contribution in [-0.4, -0.2) is 16.4 Å². The van der Waals surface area contributed by atoms with Gasteiger partial charge in [-0.3, -0.25) is 4.79 Å². The number of ether oxygens (including phenoxy) is 1. The molecule has 0 spiro atoms. The molecule has 0 saturated carbocycles. The van der Waals surface area contributed by atoms with Crippen molar-refractivity contribution < 1.29 is 4.74 Å². The van der Waals surface area contributed by atoms with Gasteiger partial charge in [0.1, 0.15) is 10.8 Å². The van der Waals surface area contributed by atoms with Gasteiger partial charge in [-0.05, 0) is 38.5 Å². The smallest absolute Gasteiger partial charge is 0.287 e. The van der Waals surface area contributed by atoms with Gasteiger partial charge < -0.3 is 10.1 Å². The number of hydrogen-bond donors (Lipinski definition) is 1. The maximum atomic E-state index is 12.1. The average Bonchev–Trinajstić information content (AvgIpc) is 2.50. The molecule has 2 rings (SSSR count). The molecular formula is C16H20ClN3O2. The van der Waals surface area contributed by atoms with E-state index >= 15 is 0 Å². The Morgan fingerprint density at radius 3 is 2.59 bits per heavy atom. The van der Waals surface area contributed by atoms with Gasteiger partial charge in [0.15, 0.2) is 0 Å². The van der Waals surface area contributed by atoms with E-state index in [1.54, 1.807) is 6.20 Å². The topological polar surface area (TPSA) is 56.1 Å². The van der Waals surface area contributed by atoms with Crippen molar-refractivity contribution in [3.05, 3.63) is 51.4 Å². The summed E-state index contributed by atoms with van der Waals surface area (Å²) < 4.78 is 6.76. The second-order valence-electron chi connectivity index (χ2n) is 5.15. The molecule has 5 nitrogen and oxygen atoms in total. The molecule has 1 aromatic carbocycles. The predicted molar refractivity (Wildman–Crippen MR) is 88.8 cm³/mol. The van der Waals surface area contributed by atoms with E-state index in [2.05, 4.69) is 10.4 Å². The molecule has 0 unspecified atom stereocenters. The number of aromatic nitrogens is 2. The summed E-state index contributed by atoms with van der Waals surface area (Å²) in [6, 6.07) is 7.74. The van der Waals surface area contributed by atoms with Gasteiger partial charge in [0.05, 0.1) is 24.5 Å². The maximum Gasteiger partial charge on any atom is 0.287 e. The Morgan fingerprint density at radius 1 is 1.32 bits per heavy atom. The van der Waals surface area contributed by atoms with Gasteiger partial charge in [0, 0.05) is 6.54 Å². The number of nitrogens with one attached hydrogen (secondary N) is 1. The Labute approximate surface area is 134 Å². The molecule has 0 aliphatic carbocycles. The molecule has 0 aliphatic rings. The molecule has 0 amide bonds. The van der Waals surface area contributed by atoms with E-state index in [1.165, 1.54) is 4.68 Å². The summed E-state index contributed by atoms with van der Waals surface area (Å²) in [6.45, 7) is 6.92. The van der Waals surface area contributed by atoms with E-state index in [1.807, 2.05) is 45.0 Å². The zero-order valence-corrected chi connectivity index (χ0v) is 13.7. The van der Waals surface area contributed by atoms with Gasteiger partial charge in [0.25, 0.3) is 5.56 Å². The number of benzene rings is 1. The van der Waals surface area contributed by atoms with E-state index in [0.29, 0.717) is 18.8 Å².